The van der Waals surface area contributed by atoms with Crippen molar-refractivity contribution < 1.29 is 14.0 Å². The molecule has 0 atom stereocenters. The van der Waals surface area contributed by atoms with Gasteiger partial charge in [-0.3, -0.25) is 0 Å². The molecule has 0 aromatic heterocycles. The van der Waals surface area contributed by atoms with Crippen molar-refractivity contribution in [3.63, 3.8) is 0 Å². The average Bonchev–Trinajstić information content (AvgIpc) is 2.81. The second-order valence-electron chi connectivity index (χ2n) is 7.41. The van der Waals surface area contributed by atoms with Crippen LogP contribution in [0.15, 0.2) is 61.2 Å². The Bertz CT molecular complexity index is 719. The van der Waals surface area contributed by atoms with E-state index in [1.54, 1.807) is 0 Å². The van der Waals surface area contributed by atoms with Crippen molar-refractivity contribution in [2.45, 2.75) is 45.5 Å². The highest BCUT2D eigenvalue weighted by atomic mass is 16.7. The van der Waals surface area contributed by atoms with E-state index in [0.717, 1.165) is 22.3 Å². The molecule has 0 amide bonds. The fourth-order valence-electron chi connectivity index (χ4n) is 2.63. The highest BCUT2D eigenvalue weighted by Crippen LogP contribution is 2.40. The quantitative estimate of drug-likeness (QED) is 0.726. The molecule has 1 fully saturated rings. The third kappa shape index (κ3) is 3.81. The van der Waals surface area contributed by atoms with Crippen LogP contribution in [0.25, 0.3) is 5.47 Å². The van der Waals surface area contributed by atoms with Gasteiger partial charge in [-0.25, -0.2) is 0 Å². The molecule has 0 aliphatic carbocycles. The SMILES string of the molecule is C=C(B1OC(C)(C)C(C)(C)O1)c1ccc(OCc2ccccc2)cc1. The summed E-state index contributed by atoms with van der Waals surface area (Å²) < 4.78 is 18.0. The lowest BCUT2D eigenvalue weighted by Gasteiger charge is -2.32. The topological polar surface area (TPSA) is 27.7 Å². The Morgan fingerprint density at radius 3 is 2.04 bits per heavy atom. The van der Waals surface area contributed by atoms with Gasteiger partial charge in [-0.2, -0.15) is 0 Å². The smallest absolute Gasteiger partial charge is 0.489 e. The van der Waals surface area contributed by atoms with E-state index in [1.165, 1.54) is 0 Å². The molecule has 0 spiro atoms. The summed E-state index contributed by atoms with van der Waals surface area (Å²) in [5.41, 5.74) is 2.24. The van der Waals surface area contributed by atoms with E-state index in [4.69, 9.17) is 14.0 Å². The molecule has 0 radical (unpaired) electrons. The van der Waals surface area contributed by atoms with Gasteiger partial charge < -0.3 is 14.0 Å². The van der Waals surface area contributed by atoms with Crippen molar-refractivity contribution in [2.24, 2.45) is 0 Å². The first kappa shape index (κ1) is 17.8. The summed E-state index contributed by atoms with van der Waals surface area (Å²) in [6.07, 6.45) is 0. The highest BCUT2D eigenvalue weighted by molar-refractivity contribution is 6.68. The van der Waals surface area contributed by atoms with Gasteiger partial charge in [-0.1, -0.05) is 49.0 Å². The zero-order valence-corrected chi connectivity index (χ0v) is 15.4. The standard InChI is InChI=1S/C21H25BO3/c1-16(22-24-20(2,3)21(4,5)25-22)18-11-13-19(14-12-18)23-15-17-9-7-6-8-10-17/h6-14H,1,15H2,2-5H3. The van der Waals surface area contributed by atoms with Gasteiger partial charge in [0.2, 0.25) is 0 Å². The lowest BCUT2D eigenvalue weighted by molar-refractivity contribution is 0.00578. The Labute approximate surface area is 150 Å². The fourth-order valence-corrected chi connectivity index (χ4v) is 2.63. The molecule has 0 saturated carbocycles. The van der Waals surface area contributed by atoms with Crippen LogP contribution in [0.4, 0.5) is 0 Å². The molecule has 1 aliphatic rings. The summed E-state index contributed by atoms with van der Waals surface area (Å²) in [4.78, 5) is 0. The number of hydrogen-bond acceptors (Lipinski definition) is 3. The molecular weight excluding hydrogens is 311 g/mol. The third-order valence-corrected chi connectivity index (χ3v) is 5.01. The van der Waals surface area contributed by atoms with E-state index in [9.17, 15) is 0 Å². The van der Waals surface area contributed by atoms with Crippen LogP contribution < -0.4 is 4.74 Å². The summed E-state index contributed by atoms with van der Waals surface area (Å²) in [5.74, 6) is 0.828. The molecule has 4 heteroatoms. The Balaban J connectivity index is 1.63. The van der Waals surface area contributed by atoms with Gasteiger partial charge in [0.1, 0.15) is 12.4 Å². The van der Waals surface area contributed by atoms with Crippen LogP contribution in [0.3, 0.4) is 0 Å². The second-order valence-corrected chi connectivity index (χ2v) is 7.41. The summed E-state index contributed by atoms with van der Waals surface area (Å²) in [7, 11) is -0.430. The fraction of sp³-hybridized carbons (Fsp3) is 0.333. The molecule has 25 heavy (non-hydrogen) atoms. The molecular formula is C21H25BO3. The van der Waals surface area contributed by atoms with Gasteiger partial charge >= 0.3 is 7.12 Å². The van der Waals surface area contributed by atoms with Crippen LogP contribution in [0.1, 0.15) is 38.8 Å². The average molecular weight is 336 g/mol. The van der Waals surface area contributed by atoms with Gasteiger partial charge in [0.05, 0.1) is 11.2 Å². The van der Waals surface area contributed by atoms with E-state index in [1.807, 2.05) is 70.2 Å². The van der Waals surface area contributed by atoms with Gasteiger partial charge in [0.15, 0.2) is 0 Å². The van der Waals surface area contributed by atoms with Crippen LogP contribution in [0.2, 0.25) is 0 Å². The number of ether oxygens (including phenoxy) is 1. The molecule has 2 aromatic carbocycles. The molecule has 130 valence electrons. The maximum absolute atomic E-state index is 6.06. The molecule has 2 aromatic rings. The van der Waals surface area contributed by atoms with Gasteiger partial charge in [0.25, 0.3) is 0 Å². The monoisotopic (exact) mass is 336 g/mol. The van der Waals surface area contributed by atoms with Crippen molar-refractivity contribution in [3.8, 4) is 5.75 Å². The minimum atomic E-state index is -0.430. The van der Waals surface area contributed by atoms with Crippen molar-refractivity contribution in [3.05, 3.63) is 72.3 Å². The van der Waals surface area contributed by atoms with Gasteiger partial charge in [-0.15, -0.1) is 0 Å². The number of rotatable bonds is 5. The molecule has 1 heterocycles. The zero-order valence-electron chi connectivity index (χ0n) is 15.4. The number of hydrogen-bond donors (Lipinski definition) is 0. The summed E-state index contributed by atoms with van der Waals surface area (Å²) in [6.45, 7) is 12.9. The Hall–Kier alpha value is -2.04. The zero-order chi connectivity index (χ0) is 18.1. The number of benzene rings is 2. The van der Waals surface area contributed by atoms with E-state index < -0.39 is 7.12 Å². The first-order chi connectivity index (χ1) is 11.8. The maximum atomic E-state index is 6.06. The van der Waals surface area contributed by atoms with Gasteiger partial charge in [0, 0.05) is 0 Å². The largest absolute Gasteiger partial charge is 0.494 e. The normalized spacial score (nSPS) is 18.2. The Morgan fingerprint density at radius 1 is 0.920 bits per heavy atom. The van der Waals surface area contributed by atoms with Crippen LogP contribution in [0.5, 0.6) is 5.75 Å². The molecule has 1 aliphatic heterocycles. The third-order valence-electron chi connectivity index (χ3n) is 5.01. The molecule has 0 N–H and O–H groups in total. The molecule has 3 nitrogen and oxygen atoms in total. The highest BCUT2D eigenvalue weighted by Gasteiger charge is 2.52. The molecule has 3 rings (SSSR count). The van der Waals surface area contributed by atoms with E-state index in [0.29, 0.717) is 6.61 Å². The molecule has 0 unspecified atom stereocenters. The van der Waals surface area contributed by atoms with E-state index in [-0.39, 0.29) is 11.2 Å². The second kappa shape index (κ2) is 6.70. The van der Waals surface area contributed by atoms with Crippen LogP contribution >= 0.6 is 0 Å². The molecule has 1 saturated heterocycles. The Kier molecular flexibility index (Phi) is 4.76. The Morgan fingerprint density at radius 2 is 1.48 bits per heavy atom. The van der Waals surface area contributed by atoms with Crippen molar-refractivity contribution in [2.75, 3.05) is 0 Å². The molecule has 0 bridgehead atoms. The van der Waals surface area contributed by atoms with Crippen LogP contribution in [-0.4, -0.2) is 18.3 Å². The van der Waals surface area contributed by atoms with Crippen LogP contribution in [-0.2, 0) is 15.9 Å². The summed E-state index contributed by atoms with van der Waals surface area (Å²) >= 11 is 0. The van der Waals surface area contributed by atoms with E-state index >= 15 is 0 Å². The lowest BCUT2D eigenvalue weighted by atomic mass is 9.75. The van der Waals surface area contributed by atoms with Crippen LogP contribution in [0, 0.1) is 0 Å². The summed E-state index contributed by atoms with van der Waals surface area (Å²) in [6, 6.07) is 18.0. The predicted octanol–water partition coefficient (Wildman–Crippen LogP) is 4.91. The van der Waals surface area contributed by atoms with E-state index in [2.05, 4.69) is 18.7 Å². The van der Waals surface area contributed by atoms with Gasteiger partial charge in [-0.05, 0) is 56.4 Å². The summed E-state index contributed by atoms with van der Waals surface area (Å²) in [5, 5.41) is 0. The first-order valence-electron chi connectivity index (χ1n) is 8.60. The minimum absolute atomic E-state index is 0.362. The lowest BCUT2D eigenvalue weighted by Crippen LogP contribution is -2.41. The maximum Gasteiger partial charge on any atom is 0.494 e. The minimum Gasteiger partial charge on any atom is -0.489 e. The first-order valence-corrected chi connectivity index (χ1v) is 8.60. The van der Waals surface area contributed by atoms with Crippen molar-refractivity contribution in [1.82, 2.24) is 0 Å². The van der Waals surface area contributed by atoms with Crippen molar-refractivity contribution >= 4 is 12.6 Å². The predicted molar refractivity (Wildman–Crippen MR) is 102 cm³/mol. The van der Waals surface area contributed by atoms with Crippen molar-refractivity contribution in [1.29, 1.82) is 0 Å².